The molecule has 0 aromatic heterocycles. The average Bonchev–Trinajstić information content (AvgIpc) is 3.09. The fourth-order valence-corrected chi connectivity index (χ4v) is 9.10. The van der Waals surface area contributed by atoms with Crippen molar-refractivity contribution < 1.29 is 0 Å². The summed E-state index contributed by atoms with van der Waals surface area (Å²) in [5.41, 5.74) is 2.71. The van der Waals surface area contributed by atoms with Crippen LogP contribution in [0.15, 0.2) is 60.7 Å². The Bertz CT molecular complexity index is 873. The van der Waals surface area contributed by atoms with Crippen LogP contribution in [0.1, 0.15) is 143 Å². The van der Waals surface area contributed by atoms with E-state index in [0.29, 0.717) is 6.04 Å². The summed E-state index contributed by atoms with van der Waals surface area (Å²) < 4.78 is 0. The maximum Gasteiger partial charge on any atom is 0.0413 e. The van der Waals surface area contributed by atoms with E-state index in [1.54, 1.807) is 0 Å². The van der Waals surface area contributed by atoms with Gasteiger partial charge in [-0.2, -0.15) is 0 Å². The normalized spacial score (nSPS) is 27.3. The summed E-state index contributed by atoms with van der Waals surface area (Å²) in [6, 6.07) is 25.6. The molecule has 4 saturated carbocycles. The molecule has 0 bridgehead atoms. The highest BCUT2D eigenvalue weighted by atomic mass is 15.2. The lowest BCUT2D eigenvalue weighted by molar-refractivity contribution is 0.00878. The van der Waals surface area contributed by atoms with E-state index in [0.717, 1.165) is 30.0 Å². The zero-order valence-electron chi connectivity index (χ0n) is 27.9. The first-order valence-corrected chi connectivity index (χ1v) is 18.5. The van der Waals surface area contributed by atoms with Crippen LogP contribution in [0.2, 0.25) is 0 Å². The molecule has 0 aliphatic heterocycles. The van der Waals surface area contributed by atoms with E-state index in [2.05, 4.69) is 70.5 Å². The fourth-order valence-electron chi connectivity index (χ4n) is 9.10. The minimum absolute atomic E-state index is 0.625. The number of benzene rings is 2. The fraction of sp³-hybridized carbons (Fsp3) is 0.700. The molecule has 2 aromatic rings. The Morgan fingerprint density at radius 3 is 1.10 bits per heavy atom. The molecule has 0 atom stereocenters. The predicted molar refractivity (Wildman–Crippen MR) is 185 cm³/mol. The van der Waals surface area contributed by atoms with Gasteiger partial charge in [-0.05, 0) is 113 Å². The van der Waals surface area contributed by atoms with Crippen LogP contribution in [0.4, 0.5) is 11.4 Å². The van der Waals surface area contributed by atoms with Crippen molar-refractivity contribution in [2.45, 2.75) is 167 Å². The van der Waals surface area contributed by atoms with Gasteiger partial charge in [-0.1, -0.05) is 103 Å². The van der Waals surface area contributed by atoms with Gasteiger partial charge in [0.05, 0.1) is 0 Å². The number of para-hydroxylation sites is 2. The maximum absolute atomic E-state index is 3.16. The molecule has 0 amide bonds. The monoisotopic (exact) mass is 573 g/mol. The van der Waals surface area contributed by atoms with Crippen LogP contribution in [0.3, 0.4) is 0 Å². The molecule has 4 aliphatic carbocycles. The summed E-state index contributed by atoms with van der Waals surface area (Å²) >= 11 is 0. The van der Waals surface area contributed by atoms with E-state index in [9.17, 15) is 0 Å². The molecule has 4 aliphatic rings. The molecule has 6 rings (SSSR count). The van der Waals surface area contributed by atoms with Crippen LogP contribution in [0.5, 0.6) is 0 Å². The highest BCUT2D eigenvalue weighted by Crippen LogP contribution is 2.44. The lowest BCUT2D eigenvalue weighted by atomic mass is 9.70. The molecule has 4 fully saturated rings. The number of hydrogen-bond acceptors (Lipinski definition) is 2. The molecule has 2 heteroatoms. The van der Waals surface area contributed by atoms with E-state index in [4.69, 9.17) is 0 Å². The number of hydrogen-bond donors (Lipinski definition) is 0. The number of nitrogens with zero attached hydrogens (tertiary/aromatic N) is 2. The van der Waals surface area contributed by atoms with Crippen LogP contribution in [-0.4, -0.2) is 29.1 Å². The molecule has 0 N–H and O–H groups in total. The zero-order valence-corrected chi connectivity index (χ0v) is 27.9. The second kappa shape index (κ2) is 18.1. The summed E-state index contributed by atoms with van der Waals surface area (Å²) in [5.74, 6) is 1.94. The topological polar surface area (TPSA) is 6.48 Å². The van der Waals surface area contributed by atoms with Crippen LogP contribution in [0, 0.1) is 11.8 Å². The minimum Gasteiger partial charge on any atom is -0.338 e. The first-order chi connectivity index (χ1) is 20.9. The van der Waals surface area contributed by atoms with Crippen LogP contribution in [-0.2, 0) is 0 Å². The maximum atomic E-state index is 3.16. The smallest absolute Gasteiger partial charge is 0.0413 e. The molecule has 0 radical (unpaired) electrons. The number of anilines is 2. The van der Waals surface area contributed by atoms with Gasteiger partial charge in [0.1, 0.15) is 0 Å². The Balaban J connectivity index is 0.000000972. The van der Waals surface area contributed by atoms with Gasteiger partial charge in [-0.3, -0.25) is 4.90 Å². The second-order valence-electron chi connectivity index (χ2n) is 13.2. The van der Waals surface area contributed by atoms with Crippen LogP contribution in [0.25, 0.3) is 0 Å². The van der Waals surface area contributed by atoms with Gasteiger partial charge in [0.15, 0.2) is 0 Å². The standard InChI is InChI=1S/C36H52N2.2C2H6/c1-5-13-31(14-6-1)37(32-15-7-2-8-16-32)35-25-21-29(22-26-35)30-23-27-36(28-24-30)38(33-17-9-3-10-18-33)34-19-11-4-12-20-34;2*1-2/h1-2,5-8,13-16,29-30,33-36H,3-4,9-12,17-28H2;2*1-2H3. The Hall–Kier alpha value is -1.80. The molecule has 234 valence electrons. The Labute approximate surface area is 260 Å². The van der Waals surface area contributed by atoms with Crippen molar-refractivity contribution in [2.75, 3.05) is 4.90 Å². The molecular formula is C40H64N2. The first-order valence-electron chi connectivity index (χ1n) is 18.5. The summed E-state index contributed by atoms with van der Waals surface area (Å²) in [7, 11) is 0. The first kappa shape index (κ1) is 33.1. The summed E-state index contributed by atoms with van der Waals surface area (Å²) in [5, 5.41) is 0. The highest BCUT2D eigenvalue weighted by Gasteiger charge is 2.38. The quantitative estimate of drug-likeness (QED) is 0.325. The highest BCUT2D eigenvalue weighted by molar-refractivity contribution is 5.64. The van der Waals surface area contributed by atoms with Gasteiger partial charge >= 0.3 is 0 Å². The lowest BCUT2D eigenvalue weighted by Gasteiger charge is -2.49. The number of rotatable bonds is 7. The molecular weight excluding hydrogens is 508 g/mol. The van der Waals surface area contributed by atoms with E-state index in [1.165, 1.54) is 127 Å². The third-order valence-electron chi connectivity index (χ3n) is 11.0. The lowest BCUT2D eigenvalue weighted by Crippen LogP contribution is -2.52. The van der Waals surface area contributed by atoms with Crippen molar-refractivity contribution in [2.24, 2.45) is 11.8 Å². The molecule has 2 nitrogen and oxygen atoms in total. The second-order valence-corrected chi connectivity index (χ2v) is 13.2. The van der Waals surface area contributed by atoms with Gasteiger partial charge in [-0.15, -0.1) is 0 Å². The summed E-state index contributed by atoms with van der Waals surface area (Å²) in [6.07, 6.45) is 26.3. The van der Waals surface area contributed by atoms with E-state index in [-0.39, 0.29) is 0 Å². The Morgan fingerprint density at radius 2 is 0.714 bits per heavy atom. The largest absolute Gasteiger partial charge is 0.338 e. The van der Waals surface area contributed by atoms with Crippen molar-refractivity contribution in [1.29, 1.82) is 0 Å². The molecule has 0 unspecified atom stereocenters. The average molecular weight is 573 g/mol. The van der Waals surface area contributed by atoms with Gasteiger partial charge in [0.2, 0.25) is 0 Å². The van der Waals surface area contributed by atoms with Gasteiger partial charge in [-0.25, -0.2) is 0 Å². The zero-order chi connectivity index (χ0) is 29.6. The molecule has 2 aromatic carbocycles. The van der Waals surface area contributed by atoms with Gasteiger partial charge in [0, 0.05) is 35.5 Å². The van der Waals surface area contributed by atoms with Crippen molar-refractivity contribution in [1.82, 2.24) is 4.90 Å². The molecule has 0 heterocycles. The van der Waals surface area contributed by atoms with Gasteiger partial charge < -0.3 is 4.90 Å². The van der Waals surface area contributed by atoms with Crippen LogP contribution < -0.4 is 4.90 Å². The SMILES string of the molecule is CC.CC.c1ccc(N(c2ccccc2)C2CCC(C3CCC(N(C4CCCCC4)C4CCCCC4)CC3)CC2)cc1. The van der Waals surface area contributed by atoms with Crippen molar-refractivity contribution in [3.8, 4) is 0 Å². The molecule has 0 spiro atoms. The van der Waals surface area contributed by atoms with E-state index < -0.39 is 0 Å². The van der Waals surface area contributed by atoms with E-state index >= 15 is 0 Å². The Morgan fingerprint density at radius 1 is 0.381 bits per heavy atom. The summed E-state index contributed by atoms with van der Waals surface area (Å²) in [4.78, 5) is 5.79. The summed E-state index contributed by atoms with van der Waals surface area (Å²) in [6.45, 7) is 8.00. The van der Waals surface area contributed by atoms with Crippen LogP contribution >= 0.6 is 0 Å². The third kappa shape index (κ3) is 8.64. The van der Waals surface area contributed by atoms with Crippen molar-refractivity contribution in [3.63, 3.8) is 0 Å². The van der Waals surface area contributed by atoms with E-state index in [1.807, 2.05) is 27.7 Å². The third-order valence-corrected chi connectivity index (χ3v) is 11.0. The van der Waals surface area contributed by atoms with Crippen molar-refractivity contribution >= 4 is 11.4 Å². The Kier molecular flexibility index (Phi) is 14.3. The molecule has 0 saturated heterocycles. The predicted octanol–water partition coefficient (Wildman–Crippen LogP) is 12.0. The van der Waals surface area contributed by atoms with Crippen molar-refractivity contribution in [3.05, 3.63) is 60.7 Å². The molecule has 42 heavy (non-hydrogen) atoms. The van der Waals surface area contributed by atoms with Gasteiger partial charge in [0.25, 0.3) is 0 Å². The minimum atomic E-state index is 0.625.